The number of aromatic nitrogens is 2. The second-order valence-electron chi connectivity index (χ2n) is 7.07. The zero-order valence-electron chi connectivity index (χ0n) is 16.6. The van der Waals surface area contributed by atoms with Gasteiger partial charge in [-0.2, -0.15) is 0 Å². The number of amides is 1. The summed E-state index contributed by atoms with van der Waals surface area (Å²) in [6.45, 7) is 5.41. The molecule has 5 nitrogen and oxygen atoms in total. The molecule has 3 aromatic carbocycles. The lowest BCUT2D eigenvalue weighted by Crippen LogP contribution is -2.22. The van der Waals surface area contributed by atoms with Gasteiger partial charge in [0.2, 0.25) is 0 Å². The summed E-state index contributed by atoms with van der Waals surface area (Å²) in [7, 11) is 0. The summed E-state index contributed by atoms with van der Waals surface area (Å²) in [5.41, 5.74) is 7.02. The summed E-state index contributed by atoms with van der Waals surface area (Å²) >= 11 is 0. The van der Waals surface area contributed by atoms with Gasteiger partial charge in [0, 0.05) is 30.0 Å². The van der Waals surface area contributed by atoms with Gasteiger partial charge in [-0.1, -0.05) is 29.8 Å². The molecule has 0 bridgehead atoms. The monoisotopic (exact) mass is 384 g/mol. The lowest BCUT2D eigenvalue weighted by Gasteiger charge is -2.09. The number of carbonyl (C=O) groups is 1. The maximum Gasteiger partial charge on any atom is 0.251 e. The Balaban J connectivity index is 1.51. The molecule has 0 spiro atoms. The van der Waals surface area contributed by atoms with Gasteiger partial charge in [-0.25, -0.2) is 4.98 Å². The predicted octanol–water partition coefficient (Wildman–Crippen LogP) is 4.70. The Kier molecular flexibility index (Phi) is 5.29. The van der Waals surface area contributed by atoms with Crippen molar-refractivity contribution in [2.75, 3.05) is 11.9 Å². The smallest absolute Gasteiger partial charge is 0.251 e. The summed E-state index contributed by atoms with van der Waals surface area (Å²) in [5.74, 6) is -0.0759. The van der Waals surface area contributed by atoms with Crippen LogP contribution in [0.3, 0.4) is 0 Å². The molecule has 4 aromatic rings. The van der Waals surface area contributed by atoms with Crippen molar-refractivity contribution in [1.29, 1.82) is 0 Å². The van der Waals surface area contributed by atoms with E-state index in [1.807, 2.05) is 29.7 Å². The summed E-state index contributed by atoms with van der Waals surface area (Å²) in [6, 6.07) is 22.4. The van der Waals surface area contributed by atoms with Crippen molar-refractivity contribution in [3.8, 4) is 5.69 Å². The molecule has 1 aromatic heterocycles. The van der Waals surface area contributed by atoms with Crippen LogP contribution in [0.25, 0.3) is 16.7 Å². The van der Waals surface area contributed by atoms with Crippen LogP contribution in [0.2, 0.25) is 0 Å². The van der Waals surface area contributed by atoms with Crippen LogP contribution in [0.4, 0.5) is 5.69 Å². The molecule has 1 amide bonds. The van der Waals surface area contributed by atoms with Gasteiger partial charge in [0.25, 0.3) is 5.91 Å². The fourth-order valence-corrected chi connectivity index (χ4v) is 3.39. The van der Waals surface area contributed by atoms with Gasteiger partial charge in [-0.3, -0.25) is 9.36 Å². The number of carbonyl (C=O) groups excluding carboxylic acids is 1. The average Bonchev–Trinajstić information content (AvgIpc) is 3.16. The third-order valence-corrected chi connectivity index (χ3v) is 4.87. The number of fused-ring (bicyclic) bond motifs is 1. The first-order chi connectivity index (χ1) is 14.1. The van der Waals surface area contributed by atoms with Crippen molar-refractivity contribution in [1.82, 2.24) is 14.9 Å². The van der Waals surface area contributed by atoms with Crippen LogP contribution in [0, 0.1) is 6.92 Å². The molecule has 29 heavy (non-hydrogen) atoms. The van der Waals surface area contributed by atoms with Crippen molar-refractivity contribution >= 4 is 22.6 Å². The van der Waals surface area contributed by atoms with E-state index in [0.29, 0.717) is 12.1 Å². The number of hydrogen-bond donors (Lipinski definition) is 2. The van der Waals surface area contributed by atoms with E-state index in [-0.39, 0.29) is 5.91 Å². The molecule has 146 valence electrons. The third-order valence-electron chi connectivity index (χ3n) is 4.87. The van der Waals surface area contributed by atoms with Crippen LogP contribution in [0.5, 0.6) is 0 Å². The molecule has 0 saturated heterocycles. The molecule has 0 aliphatic carbocycles. The minimum absolute atomic E-state index is 0.0759. The highest BCUT2D eigenvalue weighted by atomic mass is 16.1. The van der Waals surface area contributed by atoms with Crippen LogP contribution >= 0.6 is 0 Å². The number of hydrogen-bond acceptors (Lipinski definition) is 3. The topological polar surface area (TPSA) is 59.0 Å². The Hall–Kier alpha value is -3.60. The predicted molar refractivity (Wildman–Crippen MR) is 118 cm³/mol. The Morgan fingerprint density at radius 3 is 2.62 bits per heavy atom. The second-order valence-corrected chi connectivity index (χ2v) is 7.07. The van der Waals surface area contributed by atoms with E-state index in [1.165, 1.54) is 11.1 Å². The second kappa shape index (κ2) is 8.19. The molecular formula is C24H24N4O. The summed E-state index contributed by atoms with van der Waals surface area (Å²) in [6.07, 6.45) is 1.79. The summed E-state index contributed by atoms with van der Waals surface area (Å²) < 4.78 is 2.03. The molecular weight excluding hydrogens is 360 g/mol. The van der Waals surface area contributed by atoms with Crippen molar-refractivity contribution in [3.05, 3.63) is 89.7 Å². The number of nitrogens with zero attached hydrogens (tertiary/aromatic N) is 2. The first-order valence-electron chi connectivity index (χ1n) is 9.79. The molecule has 0 fully saturated rings. The molecule has 0 saturated carbocycles. The number of nitrogens with one attached hydrogen (secondary N) is 2. The fourth-order valence-electron chi connectivity index (χ4n) is 3.39. The number of aryl methyl sites for hydroxylation is 1. The Morgan fingerprint density at radius 1 is 1.03 bits per heavy atom. The SMILES string of the molecule is CCNC(=O)c1ccc2c(c1)ncn2-c1ccc(NCc2cccc(C)c2)cc1. The van der Waals surface area contributed by atoms with Crippen LogP contribution < -0.4 is 10.6 Å². The summed E-state index contributed by atoms with van der Waals surface area (Å²) in [5, 5.41) is 6.28. The molecule has 0 atom stereocenters. The molecule has 0 aliphatic rings. The summed E-state index contributed by atoms with van der Waals surface area (Å²) in [4.78, 5) is 16.5. The van der Waals surface area contributed by atoms with Crippen LogP contribution in [0.1, 0.15) is 28.4 Å². The van der Waals surface area contributed by atoms with Gasteiger partial charge in [0.1, 0.15) is 6.33 Å². The maximum atomic E-state index is 12.0. The highest BCUT2D eigenvalue weighted by Gasteiger charge is 2.09. The zero-order chi connectivity index (χ0) is 20.2. The molecule has 5 heteroatoms. The lowest BCUT2D eigenvalue weighted by molar-refractivity contribution is 0.0956. The van der Waals surface area contributed by atoms with Crippen LogP contribution in [-0.2, 0) is 6.54 Å². The number of benzene rings is 3. The minimum Gasteiger partial charge on any atom is -0.381 e. The van der Waals surface area contributed by atoms with E-state index in [9.17, 15) is 4.79 Å². The molecule has 2 N–H and O–H groups in total. The first kappa shape index (κ1) is 18.7. The van der Waals surface area contributed by atoms with E-state index in [0.717, 1.165) is 29.0 Å². The maximum absolute atomic E-state index is 12.0. The van der Waals surface area contributed by atoms with Gasteiger partial charge in [-0.05, 0) is 61.9 Å². The Labute approximate surface area is 170 Å². The molecule has 4 rings (SSSR count). The van der Waals surface area contributed by atoms with Gasteiger partial charge in [0.05, 0.1) is 11.0 Å². The molecule has 0 radical (unpaired) electrons. The number of anilines is 1. The van der Waals surface area contributed by atoms with E-state index in [1.54, 1.807) is 6.33 Å². The van der Waals surface area contributed by atoms with Crippen molar-refractivity contribution in [2.24, 2.45) is 0 Å². The van der Waals surface area contributed by atoms with Crippen molar-refractivity contribution in [3.63, 3.8) is 0 Å². The number of imidazole rings is 1. The first-order valence-corrected chi connectivity index (χ1v) is 9.79. The minimum atomic E-state index is -0.0759. The molecule has 0 aliphatic heterocycles. The van der Waals surface area contributed by atoms with E-state index < -0.39 is 0 Å². The molecule has 0 unspecified atom stereocenters. The number of rotatable bonds is 6. The Morgan fingerprint density at radius 2 is 1.86 bits per heavy atom. The van der Waals surface area contributed by atoms with Gasteiger partial charge in [0.15, 0.2) is 0 Å². The molecule has 1 heterocycles. The van der Waals surface area contributed by atoms with E-state index in [4.69, 9.17) is 0 Å². The van der Waals surface area contributed by atoms with Crippen LogP contribution in [-0.4, -0.2) is 22.0 Å². The standard InChI is InChI=1S/C24H24N4O/c1-3-25-24(29)19-7-12-23-22(14-19)27-16-28(23)21-10-8-20(9-11-21)26-15-18-6-4-5-17(2)13-18/h4-14,16,26H,3,15H2,1-2H3,(H,25,29). The lowest BCUT2D eigenvalue weighted by atomic mass is 10.1. The highest BCUT2D eigenvalue weighted by Crippen LogP contribution is 2.21. The van der Waals surface area contributed by atoms with Gasteiger partial charge in [-0.15, -0.1) is 0 Å². The average molecular weight is 384 g/mol. The van der Waals surface area contributed by atoms with Crippen molar-refractivity contribution in [2.45, 2.75) is 20.4 Å². The highest BCUT2D eigenvalue weighted by molar-refractivity contribution is 5.97. The van der Waals surface area contributed by atoms with Crippen molar-refractivity contribution < 1.29 is 4.79 Å². The van der Waals surface area contributed by atoms with Gasteiger partial charge >= 0.3 is 0 Å². The van der Waals surface area contributed by atoms with E-state index in [2.05, 4.69) is 71.1 Å². The Bertz CT molecular complexity index is 1150. The largest absolute Gasteiger partial charge is 0.381 e. The zero-order valence-corrected chi connectivity index (χ0v) is 16.6. The normalized spacial score (nSPS) is 10.8. The third kappa shape index (κ3) is 4.14. The van der Waals surface area contributed by atoms with E-state index >= 15 is 0 Å². The fraction of sp³-hybridized carbons (Fsp3) is 0.167. The quantitative estimate of drug-likeness (QED) is 0.507. The van der Waals surface area contributed by atoms with Gasteiger partial charge < -0.3 is 10.6 Å². The van der Waals surface area contributed by atoms with Crippen LogP contribution in [0.15, 0.2) is 73.1 Å².